The van der Waals surface area contributed by atoms with Gasteiger partial charge in [-0.25, -0.2) is 9.37 Å². The maximum Gasteiger partial charge on any atom is 0.128 e. The first-order valence-corrected chi connectivity index (χ1v) is 10.3. The highest BCUT2D eigenvalue weighted by Gasteiger charge is 2.33. The van der Waals surface area contributed by atoms with Crippen molar-refractivity contribution in [2.24, 2.45) is 0 Å². The zero-order valence-corrected chi connectivity index (χ0v) is 16.8. The molecule has 4 nitrogen and oxygen atoms in total. The molecule has 2 N–H and O–H groups in total. The minimum absolute atomic E-state index is 0.159. The highest BCUT2D eigenvalue weighted by molar-refractivity contribution is 5.85. The Morgan fingerprint density at radius 1 is 1.10 bits per heavy atom. The lowest BCUT2D eigenvalue weighted by Crippen LogP contribution is -2.36. The summed E-state index contributed by atoms with van der Waals surface area (Å²) in [4.78, 5) is 14.1. The summed E-state index contributed by atoms with van der Waals surface area (Å²) in [5, 5.41) is 1.24. The van der Waals surface area contributed by atoms with Crippen LogP contribution in [0.1, 0.15) is 47.0 Å². The van der Waals surface area contributed by atoms with Crippen LogP contribution in [0, 0.1) is 12.7 Å². The fraction of sp³-hybridized carbons (Fsp3) is 0.292. The number of aryl methyl sites for hydroxylation is 2. The first kappa shape index (κ1) is 18.1. The maximum atomic E-state index is 14.9. The summed E-state index contributed by atoms with van der Waals surface area (Å²) in [7, 11) is 0. The number of hydrogen-bond acceptors (Lipinski definition) is 2. The zero-order chi connectivity index (χ0) is 20.0. The van der Waals surface area contributed by atoms with Gasteiger partial charge in [0.05, 0.1) is 11.7 Å². The van der Waals surface area contributed by atoms with Crippen LogP contribution in [-0.4, -0.2) is 26.4 Å². The molecule has 3 heterocycles. The van der Waals surface area contributed by atoms with Crippen LogP contribution < -0.4 is 0 Å². The van der Waals surface area contributed by atoms with Gasteiger partial charge in [0.25, 0.3) is 0 Å². The number of rotatable bonds is 4. The SMILES string of the molecule is CCc1nc(CN2CCc3c([nH]c4ccccc34)C2c2ccccc2F)c(C)[nH]1. The van der Waals surface area contributed by atoms with E-state index in [9.17, 15) is 4.39 Å². The average molecular weight is 388 g/mol. The molecular formula is C24H25FN4. The van der Waals surface area contributed by atoms with Crippen molar-refractivity contribution in [2.45, 2.75) is 39.3 Å². The van der Waals surface area contributed by atoms with Crippen molar-refractivity contribution in [2.75, 3.05) is 6.54 Å². The first-order valence-electron chi connectivity index (χ1n) is 10.3. The Hall–Kier alpha value is -2.92. The minimum Gasteiger partial charge on any atom is -0.357 e. The topological polar surface area (TPSA) is 47.7 Å². The molecule has 5 heteroatoms. The molecule has 0 saturated carbocycles. The minimum atomic E-state index is -0.165. The third-order valence-electron chi connectivity index (χ3n) is 6.06. The molecule has 1 unspecified atom stereocenters. The van der Waals surface area contributed by atoms with Gasteiger partial charge in [0, 0.05) is 47.4 Å². The van der Waals surface area contributed by atoms with Crippen LogP contribution >= 0.6 is 0 Å². The largest absolute Gasteiger partial charge is 0.357 e. The summed E-state index contributed by atoms with van der Waals surface area (Å²) < 4.78 is 14.9. The maximum absolute atomic E-state index is 14.9. The van der Waals surface area contributed by atoms with Gasteiger partial charge < -0.3 is 9.97 Å². The van der Waals surface area contributed by atoms with E-state index in [2.05, 4.69) is 46.9 Å². The number of nitrogens with one attached hydrogen (secondary N) is 2. The van der Waals surface area contributed by atoms with Gasteiger partial charge in [0.1, 0.15) is 11.6 Å². The van der Waals surface area contributed by atoms with Crippen molar-refractivity contribution in [3.63, 3.8) is 0 Å². The molecule has 0 spiro atoms. The molecule has 0 aliphatic carbocycles. The van der Waals surface area contributed by atoms with Crippen LogP contribution in [0.2, 0.25) is 0 Å². The van der Waals surface area contributed by atoms with Gasteiger partial charge in [-0.3, -0.25) is 4.90 Å². The number of fused-ring (bicyclic) bond motifs is 3. The summed E-state index contributed by atoms with van der Waals surface area (Å²) in [6.07, 6.45) is 1.82. The van der Waals surface area contributed by atoms with E-state index in [4.69, 9.17) is 4.98 Å². The average Bonchev–Trinajstić information content (AvgIpc) is 3.28. The molecule has 2 aromatic carbocycles. The van der Waals surface area contributed by atoms with Crippen molar-refractivity contribution in [3.8, 4) is 0 Å². The molecular weight excluding hydrogens is 363 g/mol. The van der Waals surface area contributed by atoms with Gasteiger partial charge in [0.15, 0.2) is 0 Å². The summed E-state index contributed by atoms with van der Waals surface area (Å²) in [6, 6.07) is 15.3. The van der Waals surface area contributed by atoms with Crippen LogP contribution in [0.4, 0.5) is 4.39 Å². The number of hydrogen-bond donors (Lipinski definition) is 2. The molecule has 29 heavy (non-hydrogen) atoms. The van der Waals surface area contributed by atoms with Crippen LogP contribution in [0.15, 0.2) is 48.5 Å². The molecule has 1 atom stereocenters. The Balaban J connectivity index is 1.63. The molecule has 148 valence electrons. The van der Waals surface area contributed by atoms with E-state index in [-0.39, 0.29) is 11.9 Å². The Labute approximate surface area is 169 Å². The number of para-hydroxylation sites is 1. The van der Waals surface area contributed by atoms with Gasteiger partial charge in [-0.2, -0.15) is 0 Å². The molecule has 2 aromatic heterocycles. The van der Waals surface area contributed by atoms with Crippen molar-refractivity contribution in [1.29, 1.82) is 0 Å². The van der Waals surface area contributed by atoms with Crippen LogP contribution in [-0.2, 0) is 19.4 Å². The van der Waals surface area contributed by atoms with Crippen LogP contribution in [0.5, 0.6) is 0 Å². The number of aromatic amines is 2. The molecule has 1 aliphatic rings. The normalized spacial score (nSPS) is 17.0. The molecule has 1 aliphatic heterocycles. The van der Waals surface area contributed by atoms with Crippen molar-refractivity contribution < 1.29 is 4.39 Å². The monoisotopic (exact) mass is 388 g/mol. The quantitative estimate of drug-likeness (QED) is 0.514. The third kappa shape index (κ3) is 3.06. The fourth-order valence-electron chi connectivity index (χ4n) is 4.59. The summed E-state index contributed by atoms with van der Waals surface area (Å²) >= 11 is 0. The summed E-state index contributed by atoms with van der Waals surface area (Å²) in [5.41, 5.74) is 6.37. The second kappa shape index (κ2) is 7.16. The van der Waals surface area contributed by atoms with Crippen molar-refractivity contribution in [1.82, 2.24) is 19.9 Å². The third-order valence-corrected chi connectivity index (χ3v) is 6.06. The standard InChI is InChI=1S/C24H25FN4/c1-3-22-26-15(2)21(27-22)14-29-13-12-17-16-8-5-7-11-20(16)28-23(17)24(29)18-9-4-6-10-19(18)25/h4-11,24,28H,3,12-14H2,1-2H3,(H,26,27). The van der Waals surface area contributed by atoms with E-state index in [0.717, 1.165) is 47.8 Å². The van der Waals surface area contributed by atoms with Gasteiger partial charge in [0.2, 0.25) is 0 Å². The summed E-state index contributed by atoms with van der Waals surface area (Å²) in [6.45, 7) is 5.72. The fourth-order valence-corrected chi connectivity index (χ4v) is 4.59. The second-order valence-electron chi connectivity index (χ2n) is 7.82. The van der Waals surface area contributed by atoms with E-state index < -0.39 is 0 Å². The van der Waals surface area contributed by atoms with Gasteiger partial charge in [-0.05, 0) is 31.0 Å². The Kier molecular flexibility index (Phi) is 4.47. The van der Waals surface area contributed by atoms with Crippen molar-refractivity contribution >= 4 is 10.9 Å². The van der Waals surface area contributed by atoms with Crippen LogP contribution in [0.25, 0.3) is 10.9 Å². The predicted octanol–water partition coefficient (Wildman–Crippen LogP) is 5.05. The second-order valence-corrected chi connectivity index (χ2v) is 7.82. The van der Waals surface area contributed by atoms with E-state index in [1.54, 1.807) is 12.1 Å². The smallest absolute Gasteiger partial charge is 0.128 e. The van der Waals surface area contributed by atoms with E-state index in [0.29, 0.717) is 12.1 Å². The number of H-pyrrole nitrogens is 2. The molecule has 0 bridgehead atoms. The van der Waals surface area contributed by atoms with Crippen molar-refractivity contribution in [3.05, 3.63) is 88.4 Å². The lowest BCUT2D eigenvalue weighted by molar-refractivity contribution is 0.196. The Morgan fingerprint density at radius 2 is 1.90 bits per heavy atom. The Bertz CT molecular complexity index is 1170. The Morgan fingerprint density at radius 3 is 2.69 bits per heavy atom. The molecule has 0 saturated heterocycles. The molecule has 0 radical (unpaired) electrons. The van der Waals surface area contributed by atoms with Gasteiger partial charge in [-0.1, -0.05) is 43.3 Å². The number of benzene rings is 2. The number of halogens is 1. The molecule has 0 fully saturated rings. The highest BCUT2D eigenvalue weighted by atomic mass is 19.1. The lowest BCUT2D eigenvalue weighted by atomic mass is 9.92. The van der Waals surface area contributed by atoms with Crippen LogP contribution in [0.3, 0.4) is 0 Å². The predicted molar refractivity (Wildman–Crippen MR) is 113 cm³/mol. The van der Waals surface area contributed by atoms with Gasteiger partial charge in [-0.15, -0.1) is 0 Å². The summed E-state index contributed by atoms with van der Waals surface area (Å²) in [5.74, 6) is 0.838. The highest BCUT2D eigenvalue weighted by Crippen LogP contribution is 2.39. The number of aromatic nitrogens is 3. The first-order chi connectivity index (χ1) is 14.2. The molecule has 0 amide bonds. The number of imidazole rings is 1. The van der Waals surface area contributed by atoms with Gasteiger partial charge >= 0.3 is 0 Å². The van der Waals surface area contributed by atoms with E-state index >= 15 is 0 Å². The number of nitrogens with zero attached hydrogens (tertiary/aromatic N) is 2. The molecule has 4 aromatic rings. The van der Waals surface area contributed by atoms with E-state index in [1.807, 2.05) is 18.2 Å². The zero-order valence-electron chi connectivity index (χ0n) is 16.8. The molecule has 5 rings (SSSR count). The van der Waals surface area contributed by atoms with E-state index in [1.165, 1.54) is 10.9 Å². The lowest BCUT2D eigenvalue weighted by Gasteiger charge is -2.36.